The Kier molecular flexibility index (Phi) is 4.91. The number of unbranched alkanes of at least 4 members (excludes halogenated alkanes) is 1. The molecule has 2 aromatic heterocycles. The normalized spacial score (nSPS) is 20.0. The Morgan fingerprint density at radius 3 is 2.81 bits per heavy atom. The van der Waals surface area contributed by atoms with Gasteiger partial charge in [-0.15, -0.1) is 0 Å². The zero-order valence-corrected chi connectivity index (χ0v) is 15.2. The van der Waals surface area contributed by atoms with E-state index in [1.165, 1.54) is 0 Å². The van der Waals surface area contributed by atoms with Crippen molar-refractivity contribution in [1.82, 2.24) is 15.0 Å². The molecule has 1 saturated heterocycles. The highest BCUT2D eigenvalue weighted by Crippen LogP contribution is 2.43. The van der Waals surface area contributed by atoms with E-state index in [1.807, 2.05) is 6.20 Å². The largest absolute Gasteiger partial charge is 0.354 e. The molecular formula is C19H26N4O3. The zero-order valence-electron chi connectivity index (χ0n) is 15.2. The summed E-state index contributed by atoms with van der Waals surface area (Å²) in [7, 11) is 0. The molecule has 4 rings (SSSR count). The van der Waals surface area contributed by atoms with Crippen LogP contribution in [0.2, 0.25) is 0 Å². The molecule has 2 aromatic rings. The van der Waals surface area contributed by atoms with E-state index >= 15 is 0 Å². The van der Waals surface area contributed by atoms with E-state index in [9.17, 15) is 4.79 Å². The average molecular weight is 358 g/mol. The Morgan fingerprint density at radius 2 is 2.08 bits per heavy atom. The minimum Gasteiger partial charge on any atom is -0.354 e. The standard InChI is InChI=1S/C19H26N4O3/c1-2-3-8-20-18-22-12-15-16(23-18)14(11-21-17(15)24)13-4-6-19(7-5-13)25-9-10-26-19/h11-13H,2-10H2,1H3,(H,21,24)(H,20,22,23). The lowest BCUT2D eigenvalue weighted by atomic mass is 9.81. The first kappa shape index (κ1) is 17.4. The Labute approximate surface area is 152 Å². The molecule has 7 heteroatoms. The molecule has 2 fully saturated rings. The van der Waals surface area contributed by atoms with Crippen molar-refractivity contribution in [2.75, 3.05) is 25.1 Å². The second kappa shape index (κ2) is 7.32. The molecule has 1 aliphatic heterocycles. The van der Waals surface area contributed by atoms with Crippen molar-refractivity contribution in [1.29, 1.82) is 0 Å². The summed E-state index contributed by atoms with van der Waals surface area (Å²) in [5.74, 6) is 0.551. The number of pyridine rings is 1. The Bertz CT molecular complexity index is 819. The second-order valence-corrected chi connectivity index (χ2v) is 7.19. The van der Waals surface area contributed by atoms with Gasteiger partial charge in [-0.05, 0) is 30.7 Å². The SMILES string of the molecule is CCCCNc1ncc2c(=O)[nH]cc(C3CCC4(CC3)OCCO4)c2n1. The Balaban J connectivity index is 1.60. The van der Waals surface area contributed by atoms with Crippen molar-refractivity contribution in [2.24, 2.45) is 0 Å². The second-order valence-electron chi connectivity index (χ2n) is 7.19. The van der Waals surface area contributed by atoms with Crippen molar-refractivity contribution in [3.63, 3.8) is 0 Å². The lowest BCUT2D eigenvalue weighted by Crippen LogP contribution is -2.34. The number of hydrogen-bond acceptors (Lipinski definition) is 6. The van der Waals surface area contributed by atoms with Crippen molar-refractivity contribution in [3.05, 3.63) is 28.3 Å². The van der Waals surface area contributed by atoms with Crippen LogP contribution in [0, 0.1) is 0 Å². The summed E-state index contributed by atoms with van der Waals surface area (Å²) in [5.41, 5.74) is 1.71. The predicted molar refractivity (Wildman–Crippen MR) is 99.4 cm³/mol. The van der Waals surface area contributed by atoms with Gasteiger partial charge in [0.05, 0.1) is 24.1 Å². The van der Waals surface area contributed by atoms with Gasteiger partial charge in [0, 0.05) is 31.8 Å². The summed E-state index contributed by atoms with van der Waals surface area (Å²) >= 11 is 0. The molecule has 0 aromatic carbocycles. The summed E-state index contributed by atoms with van der Waals surface area (Å²) in [6.45, 7) is 4.36. The number of fused-ring (bicyclic) bond motifs is 1. The molecule has 7 nitrogen and oxygen atoms in total. The summed E-state index contributed by atoms with van der Waals surface area (Å²) in [6, 6.07) is 0. The van der Waals surface area contributed by atoms with Crippen LogP contribution in [0.3, 0.4) is 0 Å². The lowest BCUT2D eigenvalue weighted by molar-refractivity contribution is -0.178. The summed E-state index contributed by atoms with van der Waals surface area (Å²) in [6.07, 6.45) is 9.32. The van der Waals surface area contributed by atoms with E-state index in [-0.39, 0.29) is 11.3 Å². The maximum atomic E-state index is 12.2. The highest BCUT2D eigenvalue weighted by atomic mass is 16.7. The molecule has 0 radical (unpaired) electrons. The number of aromatic amines is 1. The van der Waals surface area contributed by atoms with Crippen LogP contribution in [-0.2, 0) is 9.47 Å². The van der Waals surface area contributed by atoms with Crippen LogP contribution in [0.4, 0.5) is 5.95 Å². The van der Waals surface area contributed by atoms with E-state index < -0.39 is 0 Å². The van der Waals surface area contributed by atoms with Crippen LogP contribution in [0.5, 0.6) is 0 Å². The molecule has 0 bridgehead atoms. The summed E-state index contributed by atoms with van der Waals surface area (Å²) < 4.78 is 11.7. The monoisotopic (exact) mass is 358 g/mol. The topological polar surface area (TPSA) is 89.1 Å². The first-order valence-electron chi connectivity index (χ1n) is 9.61. The van der Waals surface area contributed by atoms with E-state index in [0.29, 0.717) is 30.5 Å². The van der Waals surface area contributed by atoms with Gasteiger partial charge in [0.15, 0.2) is 5.79 Å². The van der Waals surface area contributed by atoms with Gasteiger partial charge in [-0.3, -0.25) is 4.79 Å². The van der Waals surface area contributed by atoms with Gasteiger partial charge >= 0.3 is 0 Å². The fraction of sp³-hybridized carbons (Fsp3) is 0.632. The van der Waals surface area contributed by atoms with Crippen molar-refractivity contribution < 1.29 is 9.47 Å². The maximum Gasteiger partial charge on any atom is 0.258 e. The number of aromatic nitrogens is 3. The molecule has 2 aliphatic rings. The third-order valence-corrected chi connectivity index (χ3v) is 5.48. The van der Waals surface area contributed by atoms with Crippen LogP contribution in [0.25, 0.3) is 10.9 Å². The Morgan fingerprint density at radius 1 is 1.31 bits per heavy atom. The van der Waals surface area contributed by atoms with Gasteiger partial charge in [0.2, 0.25) is 5.95 Å². The number of anilines is 1. The van der Waals surface area contributed by atoms with Crippen LogP contribution in [-0.4, -0.2) is 40.5 Å². The number of H-pyrrole nitrogens is 1. The minimum atomic E-state index is -0.379. The molecule has 140 valence electrons. The molecule has 0 unspecified atom stereocenters. The smallest absolute Gasteiger partial charge is 0.258 e. The fourth-order valence-electron chi connectivity index (χ4n) is 3.99. The highest BCUT2D eigenvalue weighted by Gasteiger charge is 2.41. The van der Waals surface area contributed by atoms with Crippen molar-refractivity contribution in [3.8, 4) is 0 Å². The first-order chi connectivity index (χ1) is 12.7. The third-order valence-electron chi connectivity index (χ3n) is 5.48. The van der Waals surface area contributed by atoms with Crippen LogP contribution >= 0.6 is 0 Å². The molecule has 2 N–H and O–H groups in total. The van der Waals surface area contributed by atoms with Crippen LogP contribution in [0.15, 0.2) is 17.2 Å². The molecule has 3 heterocycles. The Hall–Kier alpha value is -1.99. The minimum absolute atomic E-state index is 0.140. The van der Waals surface area contributed by atoms with Gasteiger partial charge in [-0.1, -0.05) is 13.3 Å². The van der Waals surface area contributed by atoms with Gasteiger partial charge in [0.1, 0.15) is 0 Å². The number of hydrogen-bond donors (Lipinski definition) is 2. The molecule has 0 atom stereocenters. The predicted octanol–water partition coefficient (Wildman–Crippen LogP) is 2.93. The molecule has 0 amide bonds. The zero-order chi connectivity index (χ0) is 18.0. The quantitative estimate of drug-likeness (QED) is 0.799. The molecular weight excluding hydrogens is 332 g/mol. The summed E-state index contributed by atoms with van der Waals surface area (Å²) in [4.78, 5) is 24.0. The fourth-order valence-corrected chi connectivity index (χ4v) is 3.99. The third kappa shape index (κ3) is 3.33. The maximum absolute atomic E-state index is 12.2. The van der Waals surface area contributed by atoms with Gasteiger partial charge in [-0.25, -0.2) is 9.97 Å². The number of ether oxygens (including phenoxy) is 2. The van der Waals surface area contributed by atoms with Crippen LogP contribution < -0.4 is 10.9 Å². The lowest BCUT2D eigenvalue weighted by Gasteiger charge is -2.35. The molecule has 1 saturated carbocycles. The van der Waals surface area contributed by atoms with Crippen molar-refractivity contribution in [2.45, 2.75) is 57.2 Å². The van der Waals surface area contributed by atoms with E-state index in [2.05, 4.69) is 27.2 Å². The van der Waals surface area contributed by atoms with E-state index in [4.69, 9.17) is 9.47 Å². The average Bonchev–Trinajstić information content (AvgIpc) is 3.11. The molecule has 1 spiro atoms. The number of nitrogens with zero attached hydrogens (tertiary/aromatic N) is 2. The number of rotatable bonds is 5. The van der Waals surface area contributed by atoms with Gasteiger partial charge in [0.25, 0.3) is 5.56 Å². The summed E-state index contributed by atoms with van der Waals surface area (Å²) in [5, 5.41) is 3.81. The molecule has 1 aliphatic carbocycles. The molecule has 26 heavy (non-hydrogen) atoms. The highest BCUT2D eigenvalue weighted by molar-refractivity contribution is 5.81. The van der Waals surface area contributed by atoms with Gasteiger partial charge < -0.3 is 19.8 Å². The number of nitrogens with one attached hydrogen (secondary N) is 2. The van der Waals surface area contributed by atoms with Crippen molar-refractivity contribution >= 4 is 16.9 Å². The van der Waals surface area contributed by atoms with E-state index in [1.54, 1.807) is 6.20 Å². The van der Waals surface area contributed by atoms with E-state index in [0.717, 1.165) is 56.1 Å². The first-order valence-corrected chi connectivity index (χ1v) is 9.61. The van der Waals surface area contributed by atoms with Gasteiger partial charge in [-0.2, -0.15) is 0 Å². The van der Waals surface area contributed by atoms with Crippen LogP contribution in [0.1, 0.15) is 56.9 Å².